The van der Waals surface area contributed by atoms with Gasteiger partial charge in [-0.15, -0.1) is 0 Å². The molecule has 1 fully saturated rings. The molecule has 5 heteroatoms. The number of benzene rings is 1. The molecule has 0 radical (unpaired) electrons. The van der Waals surface area contributed by atoms with E-state index in [2.05, 4.69) is 24.6 Å². The SMILES string of the molecule is C=C(C)OC1=CCC2(N)C3Cc4ccc(O)c5c4C2(CCN3C)C1O5. The third kappa shape index (κ3) is 1.61. The molecule has 3 N–H and O–H groups in total. The fraction of sp³-hybridized carbons (Fsp3) is 0.500. The van der Waals surface area contributed by atoms with Gasteiger partial charge in [0, 0.05) is 17.1 Å². The van der Waals surface area contributed by atoms with Crippen LogP contribution in [0.1, 0.15) is 30.9 Å². The number of rotatable bonds is 2. The van der Waals surface area contributed by atoms with Gasteiger partial charge in [-0.1, -0.05) is 12.6 Å². The van der Waals surface area contributed by atoms with Crippen LogP contribution in [0.2, 0.25) is 0 Å². The largest absolute Gasteiger partial charge is 0.504 e. The maximum Gasteiger partial charge on any atom is 0.167 e. The summed E-state index contributed by atoms with van der Waals surface area (Å²) in [6, 6.07) is 4.02. The van der Waals surface area contributed by atoms with Gasteiger partial charge in [0.2, 0.25) is 0 Å². The second-order valence-corrected chi connectivity index (χ2v) is 8.02. The van der Waals surface area contributed by atoms with Gasteiger partial charge in [0.15, 0.2) is 17.6 Å². The number of phenolic OH excluding ortho intramolecular Hbond substituents is 1. The van der Waals surface area contributed by atoms with Gasteiger partial charge in [-0.2, -0.15) is 0 Å². The Balaban J connectivity index is 1.80. The maximum atomic E-state index is 10.5. The van der Waals surface area contributed by atoms with Crippen LogP contribution in [0.3, 0.4) is 0 Å². The maximum absolute atomic E-state index is 10.5. The van der Waals surface area contributed by atoms with Crippen LogP contribution in [0.25, 0.3) is 0 Å². The normalized spacial score (nSPS) is 37.8. The molecule has 2 aliphatic carbocycles. The third-order valence-corrected chi connectivity index (χ3v) is 6.77. The molecular formula is C20H24N2O3. The van der Waals surface area contributed by atoms with Gasteiger partial charge >= 0.3 is 0 Å². The lowest BCUT2D eigenvalue weighted by Gasteiger charge is -2.62. The number of likely N-dealkylation sites (N-methyl/N-ethyl adjacent to an activating group) is 1. The van der Waals surface area contributed by atoms with Crippen LogP contribution < -0.4 is 10.5 Å². The molecule has 2 bridgehead atoms. The number of nitrogens with zero attached hydrogens (tertiary/aromatic N) is 1. The second kappa shape index (κ2) is 4.59. The molecule has 1 aromatic rings. The molecule has 5 rings (SSSR count). The Labute approximate surface area is 147 Å². The predicted octanol–water partition coefficient (Wildman–Crippen LogP) is 2.19. The number of likely N-dealkylation sites (tertiary alicyclic amines) is 1. The highest BCUT2D eigenvalue weighted by atomic mass is 16.5. The minimum atomic E-state index is -0.432. The molecule has 1 aromatic carbocycles. The van der Waals surface area contributed by atoms with Gasteiger partial charge in [-0.25, -0.2) is 0 Å². The van der Waals surface area contributed by atoms with Crippen molar-refractivity contribution in [3.8, 4) is 11.5 Å². The average molecular weight is 340 g/mol. The molecule has 1 saturated heterocycles. The van der Waals surface area contributed by atoms with Crippen LogP contribution in [0.15, 0.2) is 36.3 Å². The summed E-state index contributed by atoms with van der Waals surface area (Å²) in [6.45, 7) is 6.68. The number of nitrogens with two attached hydrogens (primary N) is 1. The first-order valence-corrected chi connectivity index (χ1v) is 8.93. The highest BCUT2D eigenvalue weighted by Gasteiger charge is 2.70. The molecule has 0 aromatic heterocycles. The lowest BCUT2D eigenvalue weighted by Crippen LogP contribution is -2.78. The average Bonchev–Trinajstić information content (AvgIpc) is 2.91. The van der Waals surface area contributed by atoms with E-state index in [1.165, 1.54) is 5.56 Å². The zero-order valence-corrected chi connectivity index (χ0v) is 14.7. The fourth-order valence-corrected chi connectivity index (χ4v) is 5.74. The van der Waals surface area contributed by atoms with Crippen molar-refractivity contribution < 1.29 is 14.6 Å². The molecule has 132 valence electrons. The molecule has 0 amide bonds. The number of ether oxygens (including phenoxy) is 2. The number of aromatic hydroxyl groups is 1. The van der Waals surface area contributed by atoms with E-state index < -0.39 is 5.54 Å². The van der Waals surface area contributed by atoms with E-state index in [0.717, 1.165) is 37.1 Å². The smallest absolute Gasteiger partial charge is 0.167 e. The summed E-state index contributed by atoms with van der Waals surface area (Å²) in [4.78, 5) is 2.38. The van der Waals surface area contributed by atoms with Gasteiger partial charge in [0.25, 0.3) is 0 Å². The van der Waals surface area contributed by atoms with Crippen molar-refractivity contribution in [2.24, 2.45) is 5.73 Å². The quantitative estimate of drug-likeness (QED) is 0.808. The van der Waals surface area contributed by atoms with Gasteiger partial charge in [-0.3, -0.25) is 0 Å². The van der Waals surface area contributed by atoms with Crippen LogP contribution in [-0.4, -0.2) is 41.3 Å². The zero-order chi connectivity index (χ0) is 17.6. The lowest BCUT2D eigenvalue weighted by atomic mass is 9.49. The lowest BCUT2D eigenvalue weighted by molar-refractivity contribution is -0.0443. The van der Waals surface area contributed by atoms with Crippen molar-refractivity contribution >= 4 is 0 Å². The second-order valence-electron chi connectivity index (χ2n) is 8.02. The predicted molar refractivity (Wildman–Crippen MR) is 94.5 cm³/mol. The van der Waals surface area contributed by atoms with Crippen molar-refractivity contribution in [1.29, 1.82) is 0 Å². The Morgan fingerprint density at radius 2 is 2.28 bits per heavy atom. The summed E-state index contributed by atoms with van der Waals surface area (Å²) in [5, 5.41) is 10.5. The molecule has 2 aliphatic heterocycles. The van der Waals surface area contributed by atoms with Crippen molar-refractivity contribution in [1.82, 2.24) is 4.90 Å². The molecule has 4 aliphatic rings. The summed E-state index contributed by atoms with van der Waals surface area (Å²) in [5.41, 5.74) is 8.71. The fourth-order valence-electron chi connectivity index (χ4n) is 5.74. The van der Waals surface area contributed by atoms with Gasteiger partial charge in [0.1, 0.15) is 5.76 Å². The van der Waals surface area contributed by atoms with E-state index in [1.807, 2.05) is 13.0 Å². The van der Waals surface area contributed by atoms with Crippen molar-refractivity contribution in [3.63, 3.8) is 0 Å². The number of piperidine rings is 1. The van der Waals surface area contributed by atoms with E-state index in [1.54, 1.807) is 6.07 Å². The Hall–Kier alpha value is -1.98. The van der Waals surface area contributed by atoms with E-state index in [4.69, 9.17) is 15.2 Å². The summed E-state index contributed by atoms with van der Waals surface area (Å²) < 4.78 is 12.3. The van der Waals surface area contributed by atoms with Crippen LogP contribution in [0.4, 0.5) is 0 Å². The van der Waals surface area contributed by atoms with E-state index in [0.29, 0.717) is 11.5 Å². The van der Waals surface area contributed by atoms with Gasteiger partial charge < -0.3 is 25.2 Å². The Bertz CT molecular complexity index is 832. The number of phenols is 1. The van der Waals surface area contributed by atoms with E-state index >= 15 is 0 Å². The topological polar surface area (TPSA) is 68.0 Å². The summed E-state index contributed by atoms with van der Waals surface area (Å²) in [6.07, 6.45) is 4.28. The number of hydrogen-bond acceptors (Lipinski definition) is 5. The third-order valence-electron chi connectivity index (χ3n) is 6.77. The van der Waals surface area contributed by atoms with Crippen LogP contribution in [0.5, 0.6) is 11.5 Å². The van der Waals surface area contributed by atoms with Crippen molar-refractivity contribution in [3.05, 3.63) is 47.4 Å². The highest BCUT2D eigenvalue weighted by molar-refractivity contribution is 5.64. The minimum Gasteiger partial charge on any atom is -0.504 e. The van der Waals surface area contributed by atoms with Crippen LogP contribution in [-0.2, 0) is 16.6 Å². The summed E-state index contributed by atoms with van der Waals surface area (Å²) in [5.74, 6) is 2.20. The summed E-state index contributed by atoms with van der Waals surface area (Å²) >= 11 is 0. The monoisotopic (exact) mass is 340 g/mol. The highest BCUT2D eigenvalue weighted by Crippen LogP contribution is 2.64. The van der Waals surface area contributed by atoms with Gasteiger partial charge in [0.05, 0.1) is 11.2 Å². The number of hydrogen-bond donors (Lipinski definition) is 2. The number of allylic oxidation sites excluding steroid dienone is 1. The van der Waals surface area contributed by atoms with Crippen LogP contribution >= 0.6 is 0 Å². The molecule has 4 unspecified atom stereocenters. The van der Waals surface area contributed by atoms with Gasteiger partial charge in [-0.05, 0) is 57.5 Å². The Kier molecular flexibility index (Phi) is 2.81. The molecule has 5 nitrogen and oxygen atoms in total. The van der Waals surface area contributed by atoms with E-state index in [9.17, 15) is 5.11 Å². The van der Waals surface area contributed by atoms with E-state index in [-0.39, 0.29) is 23.3 Å². The Morgan fingerprint density at radius 3 is 3.04 bits per heavy atom. The molecular weight excluding hydrogens is 316 g/mol. The van der Waals surface area contributed by atoms with Crippen molar-refractivity contribution in [2.75, 3.05) is 13.6 Å². The minimum absolute atomic E-state index is 0.192. The Morgan fingerprint density at radius 1 is 1.48 bits per heavy atom. The molecule has 0 saturated carbocycles. The molecule has 4 atom stereocenters. The molecule has 1 spiro atoms. The first-order chi connectivity index (χ1) is 11.9. The molecule has 2 heterocycles. The first-order valence-electron chi connectivity index (χ1n) is 8.93. The molecule has 25 heavy (non-hydrogen) atoms. The first kappa shape index (κ1) is 15.3. The van der Waals surface area contributed by atoms with Crippen molar-refractivity contribution in [2.45, 2.75) is 49.3 Å². The van der Waals surface area contributed by atoms with Crippen LogP contribution in [0, 0.1) is 0 Å². The standard InChI is InChI=1S/C20H24N2O3/c1-11(2)24-14-6-7-20(21)15-10-12-4-5-13(23)17-16(12)19(20,18(14)25-17)8-9-22(15)3/h4-6,15,18,23H,1,7-10,21H2,2-3H3. The summed E-state index contributed by atoms with van der Waals surface area (Å²) in [7, 11) is 2.16. The zero-order valence-electron chi connectivity index (χ0n) is 14.7.